The number of amides is 2. The highest BCUT2D eigenvalue weighted by Crippen LogP contribution is 2.14. The average Bonchev–Trinajstić information content (AvgIpc) is 2.59. The molecular weight excluding hydrogens is 320 g/mol. The van der Waals surface area contributed by atoms with Gasteiger partial charge in [0.2, 0.25) is 5.91 Å². The predicted octanol–water partition coefficient (Wildman–Crippen LogP) is 1.83. The van der Waals surface area contributed by atoms with Crippen LogP contribution in [-0.4, -0.2) is 24.3 Å². The molecule has 0 heterocycles. The number of hydrogen-bond acceptors (Lipinski definition) is 4. The summed E-state index contributed by atoms with van der Waals surface area (Å²) >= 11 is 0. The number of aryl methyl sites for hydroxylation is 1. The Kier molecular flexibility index (Phi) is 6.06. The lowest BCUT2D eigenvalue weighted by Crippen LogP contribution is -2.33. The van der Waals surface area contributed by atoms with Gasteiger partial charge >= 0.3 is 5.97 Å². The maximum absolute atomic E-state index is 11.9. The van der Waals surface area contributed by atoms with E-state index in [0.29, 0.717) is 0 Å². The molecule has 128 valence electrons. The third kappa shape index (κ3) is 5.95. The van der Waals surface area contributed by atoms with Crippen LogP contribution >= 0.6 is 0 Å². The van der Waals surface area contributed by atoms with Gasteiger partial charge in [0, 0.05) is 11.6 Å². The molecule has 0 saturated heterocycles. The van der Waals surface area contributed by atoms with E-state index in [4.69, 9.17) is 10.5 Å². The minimum Gasteiger partial charge on any atom is -0.423 e. The summed E-state index contributed by atoms with van der Waals surface area (Å²) in [6.45, 7) is 1.72. The van der Waals surface area contributed by atoms with Crippen LogP contribution in [0.1, 0.15) is 21.5 Å². The molecule has 2 rings (SSSR count). The number of nitrogens with two attached hydrogens (primary N) is 1. The van der Waals surface area contributed by atoms with Crippen molar-refractivity contribution in [1.82, 2.24) is 5.32 Å². The first-order valence-electron chi connectivity index (χ1n) is 7.57. The molecule has 0 aliphatic heterocycles. The standard InChI is InChI=1S/C19H18N2O4/c1-13-5-7-14(8-6-13)9-10-18(23)25-16-4-2-3-15(11-16)19(24)21-12-17(20)22/h2-11H,12H2,1H3,(H2,20,22)(H,21,24)/b10-9+. The molecule has 2 aromatic rings. The molecule has 3 N–H and O–H groups in total. The second-order valence-electron chi connectivity index (χ2n) is 5.34. The van der Waals surface area contributed by atoms with E-state index in [2.05, 4.69) is 5.32 Å². The number of ether oxygens (including phenoxy) is 1. The molecule has 0 spiro atoms. The summed E-state index contributed by atoms with van der Waals surface area (Å²) < 4.78 is 5.18. The molecule has 0 radical (unpaired) electrons. The molecule has 0 fully saturated rings. The van der Waals surface area contributed by atoms with Crippen molar-refractivity contribution in [2.75, 3.05) is 6.54 Å². The van der Waals surface area contributed by atoms with Crippen LogP contribution in [-0.2, 0) is 9.59 Å². The Morgan fingerprint density at radius 1 is 1.12 bits per heavy atom. The van der Waals surface area contributed by atoms with Crippen LogP contribution in [0, 0.1) is 6.92 Å². The van der Waals surface area contributed by atoms with Crippen molar-refractivity contribution in [3.8, 4) is 5.75 Å². The van der Waals surface area contributed by atoms with Crippen LogP contribution < -0.4 is 15.8 Å². The largest absolute Gasteiger partial charge is 0.423 e. The van der Waals surface area contributed by atoms with Gasteiger partial charge in [-0.05, 0) is 36.8 Å². The molecule has 0 bridgehead atoms. The van der Waals surface area contributed by atoms with E-state index in [9.17, 15) is 14.4 Å². The SMILES string of the molecule is Cc1ccc(/C=C/C(=O)Oc2cccc(C(=O)NCC(N)=O)c2)cc1. The second kappa shape index (κ2) is 8.44. The molecule has 0 atom stereocenters. The lowest BCUT2D eigenvalue weighted by molar-refractivity contribution is -0.128. The van der Waals surface area contributed by atoms with Gasteiger partial charge in [-0.15, -0.1) is 0 Å². The molecule has 0 unspecified atom stereocenters. The van der Waals surface area contributed by atoms with Crippen molar-refractivity contribution in [1.29, 1.82) is 0 Å². The Balaban J connectivity index is 1.98. The van der Waals surface area contributed by atoms with Gasteiger partial charge in [0.25, 0.3) is 5.91 Å². The fourth-order valence-electron chi connectivity index (χ4n) is 1.96. The van der Waals surface area contributed by atoms with E-state index < -0.39 is 17.8 Å². The maximum Gasteiger partial charge on any atom is 0.336 e. The molecule has 0 aliphatic carbocycles. The highest BCUT2D eigenvalue weighted by Gasteiger charge is 2.08. The van der Waals surface area contributed by atoms with Crippen molar-refractivity contribution < 1.29 is 19.1 Å². The third-order valence-electron chi connectivity index (χ3n) is 3.23. The Hall–Kier alpha value is -3.41. The average molecular weight is 338 g/mol. The first kappa shape index (κ1) is 17.9. The predicted molar refractivity (Wildman–Crippen MR) is 93.8 cm³/mol. The fraction of sp³-hybridized carbons (Fsp3) is 0.105. The normalized spacial score (nSPS) is 10.4. The molecule has 6 heteroatoms. The summed E-state index contributed by atoms with van der Waals surface area (Å²) in [4.78, 5) is 34.4. The lowest BCUT2D eigenvalue weighted by atomic mass is 10.1. The van der Waals surface area contributed by atoms with Crippen LogP contribution in [0.3, 0.4) is 0 Å². The zero-order chi connectivity index (χ0) is 18.2. The molecule has 0 saturated carbocycles. The van der Waals surface area contributed by atoms with Crippen molar-refractivity contribution in [2.24, 2.45) is 5.73 Å². The van der Waals surface area contributed by atoms with Gasteiger partial charge < -0.3 is 15.8 Å². The van der Waals surface area contributed by atoms with Gasteiger partial charge in [0.15, 0.2) is 0 Å². The molecular formula is C19H18N2O4. The maximum atomic E-state index is 11.9. The van der Waals surface area contributed by atoms with Gasteiger partial charge in [-0.2, -0.15) is 0 Å². The van der Waals surface area contributed by atoms with Gasteiger partial charge in [0.05, 0.1) is 6.54 Å². The van der Waals surface area contributed by atoms with E-state index in [-0.39, 0.29) is 17.9 Å². The summed E-state index contributed by atoms with van der Waals surface area (Å²) in [5.41, 5.74) is 7.24. The molecule has 2 aromatic carbocycles. The van der Waals surface area contributed by atoms with E-state index in [1.54, 1.807) is 18.2 Å². The van der Waals surface area contributed by atoms with Crippen molar-refractivity contribution in [2.45, 2.75) is 6.92 Å². The number of hydrogen-bond donors (Lipinski definition) is 2. The first-order valence-corrected chi connectivity index (χ1v) is 7.57. The number of esters is 1. The van der Waals surface area contributed by atoms with E-state index in [1.807, 2.05) is 31.2 Å². The van der Waals surface area contributed by atoms with Crippen molar-refractivity contribution in [3.63, 3.8) is 0 Å². The second-order valence-corrected chi connectivity index (χ2v) is 5.34. The van der Waals surface area contributed by atoms with Crippen molar-refractivity contribution in [3.05, 3.63) is 71.3 Å². The molecule has 0 aliphatic rings. The highest BCUT2D eigenvalue weighted by molar-refractivity contribution is 5.97. The number of carbonyl (C=O) groups excluding carboxylic acids is 3. The summed E-state index contributed by atoms with van der Waals surface area (Å²) in [7, 11) is 0. The van der Waals surface area contributed by atoms with Crippen LogP contribution in [0.4, 0.5) is 0 Å². The topological polar surface area (TPSA) is 98.5 Å². The van der Waals surface area contributed by atoms with E-state index in [0.717, 1.165) is 11.1 Å². The van der Waals surface area contributed by atoms with Crippen molar-refractivity contribution >= 4 is 23.9 Å². The Morgan fingerprint density at radius 2 is 1.84 bits per heavy atom. The molecule has 2 amide bonds. The van der Waals surface area contributed by atoms with E-state index >= 15 is 0 Å². The summed E-state index contributed by atoms with van der Waals surface area (Å²) in [5.74, 6) is -1.45. The summed E-state index contributed by atoms with van der Waals surface area (Å²) in [6, 6.07) is 13.8. The number of primary amides is 1. The van der Waals surface area contributed by atoms with Crippen LogP contribution in [0.5, 0.6) is 5.75 Å². The fourth-order valence-corrected chi connectivity index (χ4v) is 1.96. The van der Waals surface area contributed by atoms with Gasteiger partial charge in [-0.1, -0.05) is 35.9 Å². The zero-order valence-corrected chi connectivity index (χ0v) is 13.7. The minimum atomic E-state index is -0.642. The van der Waals surface area contributed by atoms with Gasteiger partial charge in [-0.25, -0.2) is 4.79 Å². The smallest absolute Gasteiger partial charge is 0.336 e. The van der Waals surface area contributed by atoms with Gasteiger partial charge in [-0.3, -0.25) is 9.59 Å². The third-order valence-corrected chi connectivity index (χ3v) is 3.23. The summed E-state index contributed by atoms with van der Waals surface area (Å²) in [6.07, 6.45) is 2.95. The van der Waals surface area contributed by atoms with Crippen LogP contribution in [0.25, 0.3) is 6.08 Å². The number of carbonyl (C=O) groups is 3. The Morgan fingerprint density at radius 3 is 2.52 bits per heavy atom. The highest BCUT2D eigenvalue weighted by atomic mass is 16.5. The number of rotatable bonds is 6. The Labute approximate surface area is 145 Å². The molecule has 25 heavy (non-hydrogen) atoms. The molecule has 6 nitrogen and oxygen atoms in total. The quantitative estimate of drug-likeness (QED) is 0.477. The first-order chi connectivity index (χ1) is 11.9. The van der Waals surface area contributed by atoms with Gasteiger partial charge in [0.1, 0.15) is 5.75 Å². The van der Waals surface area contributed by atoms with Crippen LogP contribution in [0.15, 0.2) is 54.6 Å². The zero-order valence-electron chi connectivity index (χ0n) is 13.7. The monoisotopic (exact) mass is 338 g/mol. The van der Waals surface area contributed by atoms with E-state index in [1.165, 1.54) is 18.2 Å². The number of benzene rings is 2. The minimum absolute atomic E-state index is 0.227. The number of nitrogens with one attached hydrogen (secondary N) is 1. The lowest BCUT2D eigenvalue weighted by Gasteiger charge is -2.05. The van der Waals surface area contributed by atoms with Crippen LogP contribution in [0.2, 0.25) is 0 Å². The summed E-state index contributed by atoms with van der Waals surface area (Å²) in [5, 5.41) is 2.36. The Bertz CT molecular complexity index is 810. The molecule has 0 aromatic heterocycles.